The summed E-state index contributed by atoms with van der Waals surface area (Å²) in [5.74, 6) is 4.19. The van der Waals surface area contributed by atoms with Crippen LogP contribution in [-0.2, 0) is 23.7 Å². The first-order chi connectivity index (χ1) is 18.3. The largest absolute Gasteiger partial charge is 0.417 e. The summed E-state index contributed by atoms with van der Waals surface area (Å²) in [5.41, 5.74) is -2.82. The first-order valence-corrected chi connectivity index (χ1v) is 11.0. The number of carbonyl (C=O) groups excluding carboxylic acids is 2. The Hall–Kier alpha value is -4.43. The van der Waals surface area contributed by atoms with E-state index >= 15 is 0 Å². The summed E-state index contributed by atoms with van der Waals surface area (Å²) in [4.78, 5) is 33.3. The molecule has 4 rings (SSSR count). The fourth-order valence-corrected chi connectivity index (χ4v) is 3.78. The predicted octanol–water partition coefficient (Wildman–Crippen LogP) is 5.52. The molecule has 4 aromatic rings. The smallest absolute Gasteiger partial charge is 0.377 e. The Labute approximate surface area is 216 Å². The summed E-state index contributed by atoms with van der Waals surface area (Å²) >= 11 is 0. The van der Waals surface area contributed by atoms with Crippen molar-refractivity contribution in [2.24, 2.45) is 5.84 Å². The maximum atomic E-state index is 13.5. The van der Waals surface area contributed by atoms with Gasteiger partial charge in [0.15, 0.2) is 0 Å². The normalized spacial score (nSPS) is 12.0. The van der Waals surface area contributed by atoms with Gasteiger partial charge in [0.2, 0.25) is 0 Å². The van der Waals surface area contributed by atoms with Crippen molar-refractivity contribution in [2.45, 2.75) is 19.0 Å². The summed E-state index contributed by atoms with van der Waals surface area (Å²) in [7, 11) is 1.40. The summed E-state index contributed by atoms with van der Waals surface area (Å²) in [6.45, 7) is 0.00814. The molecule has 1 aromatic heterocycles. The Balaban J connectivity index is 1.74. The molecular formula is C25H19F6N5O3. The van der Waals surface area contributed by atoms with Crippen molar-refractivity contribution in [2.75, 3.05) is 17.4 Å². The number of ether oxygens (including phenoxy) is 1. The third kappa shape index (κ3) is 5.86. The van der Waals surface area contributed by atoms with Crippen molar-refractivity contribution in [3.63, 3.8) is 0 Å². The highest BCUT2D eigenvalue weighted by atomic mass is 19.4. The third-order valence-electron chi connectivity index (χ3n) is 5.58. The van der Waals surface area contributed by atoms with E-state index in [-0.39, 0.29) is 40.4 Å². The van der Waals surface area contributed by atoms with E-state index in [2.05, 4.69) is 15.3 Å². The van der Waals surface area contributed by atoms with Crippen molar-refractivity contribution in [3.8, 4) is 0 Å². The lowest BCUT2D eigenvalue weighted by Gasteiger charge is -2.20. The monoisotopic (exact) mass is 551 g/mol. The molecule has 0 aliphatic carbocycles. The van der Waals surface area contributed by atoms with Gasteiger partial charge in [-0.25, -0.2) is 15.8 Å². The summed E-state index contributed by atoms with van der Waals surface area (Å²) in [6, 6.07) is 10.2. The van der Waals surface area contributed by atoms with Crippen LogP contribution in [0.4, 0.5) is 37.7 Å². The lowest BCUT2D eigenvalue weighted by atomic mass is 10.1. The lowest BCUT2D eigenvalue weighted by Crippen LogP contribution is -2.38. The number of aromatic amines is 1. The van der Waals surface area contributed by atoms with Crippen molar-refractivity contribution >= 4 is 34.2 Å². The second kappa shape index (κ2) is 10.4. The molecule has 14 heteroatoms. The van der Waals surface area contributed by atoms with Gasteiger partial charge in [-0.05, 0) is 48.5 Å². The number of aromatic nitrogens is 2. The van der Waals surface area contributed by atoms with Gasteiger partial charge in [-0.1, -0.05) is 12.1 Å². The molecule has 0 fully saturated rings. The summed E-state index contributed by atoms with van der Waals surface area (Å²) in [6.07, 6.45) is -9.40. The predicted molar refractivity (Wildman–Crippen MR) is 129 cm³/mol. The maximum Gasteiger partial charge on any atom is 0.417 e. The molecule has 3 aromatic carbocycles. The minimum Gasteiger partial charge on any atom is -0.377 e. The molecule has 0 bridgehead atoms. The first-order valence-electron chi connectivity index (χ1n) is 11.0. The Morgan fingerprint density at radius 1 is 0.974 bits per heavy atom. The van der Waals surface area contributed by atoms with E-state index in [0.29, 0.717) is 5.01 Å². The second-order valence-corrected chi connectivity index (χ2v) is 8.25. The van der Waals surface area contributed by atoms with Crippen LogP contribution in [0.3, 0.4) is 0 Å². The van der Waals surface area contributed by atoms with E-state index in [1.807, 2.05) is 0 Å². The fraction of sp³-hybridized carbons (Fsp3) is 0.160. The van der Waals surface area contributed by atoms with Gasteiger partial charge in [-0.3, -0.25) is 9.59 Å². The Kier molecular flexibility index (Phi) is 7.35. The number of fused-ring (bicyclic) bond motifs is 1. The van der Waals surface area contributed by atoms with Crippen molar-refractivity contribution < 1.29 is 40.7 Å². The number of hydrazine groups is 1. The number of anilines is 2. The average molecular weight is 551 g/mol. The van der Waals surface area contributed by atoms with Crippen molar-refractivity contribution in [1.82, 2.24) is 9.97 Å². The number of hydrogen-bond acceptors (Lipinski definition) is 5. The number of nitrogens with zero attached hydrogens (tertiary/aromatic N) is 2. The van der Waals surface area contributed by atoms with Crippen molar-refractivity contribution in [1.29, 1.82) is 0 Å². The zero-order chi connectivity index (χ0) is 28.5. The van der Waals surface area contributed by atoms with E-state index < -0.39 is 40.9 Å². The van der Waals surface area contributed by atoms with E-state index in [1.165, 1.54) is 19.2 Å². The average Bonchev–Trinajstić information content (AvgIpc) is 3.29. The van der Waals surface area contributed by atoms with Gasteiger partial charge < -0.3 is 15.0 Å². The van der Waals surface area contributed by atoms with Crippen LogP contribution in [0, 0.1) is 0 Å². The van der Waals surface area contributed by atoms with E-state index in [1.54, 1.807) is 0 Å². The molecule has 0 unspecified atom stereocenters. The molecule has 204 valence electrons. The van der Waals surface area contributed by atoms with Gasteiger partial charge in [-0.15, -0.1) is 0 Å². The molecule has 0 saturated heterocycles. The Bertz CT molecular complexity index is 1530. The molecule has 0 atom stereocenters. The number of hydrogen-bond donors (Lipinski definition) is 3. The van der Waals surface area contributed by atoms with Crippen LogP contribution in [-0.4, -0.2) is 28.9 Å². The molecule has 0 aliphatic heterocycles. The number of imidazole rings is 1. The number of halogens is 6. The molecule has 0 aliphatic rings. The fourth-order valence-electron chi connectivity index (χ4n) is 3.78. The van der Waals surface area contributed by atoms with Gasteiger partial charge in [0.25, 0.3) is 11.8 Å². The van der Waals surface area contributed by atoms with Crippen LogP contribution in [0.5, 0.6) is 0 Å². The van der Waals surface area contributed by atoms with Crippen LogP contribution < -0.4 is 16.2 Å². The number of methoxy groups -OCH3 is 1. The molecule has 1 heterocycles. The first kappa shape index (κ1) is 27.6. The number of benzene rings is 3. The standard InChI is InChI=1S/C25H19F6N5O3/c1-39-12-20-34-19-11-15(36(32)23(38)16-4-2-3-5-18(16)25(29,30)31)10-17(21(19)35-20)22(37)33-14-8-6-13(7-9-14)24(26,27)28/h2-11H,12,32H2,1H3,(H,33,37)(H,34,35). The molecule has 4 N–H and O–H groups in total. The van der Waals surface area contributed by atoms with Gasteiger partial charge in [-0.2, -0.15) is 26.3 Å². The van der Waals surface area contributed by atoms with Crippen LogP contribution in [0.25, 0.3) is 11.0 Å². The molecular weight excluding hydrogens is 532 g/mol. The van der Waals surface area contributed by atoms with E-state index in [9.17, 15) is 35.9 Å². The number of alkyl halides is 6. The SMILES string of the molecule is COCc1nc2c(C(=O)Nc3ccc(C(F)(F)F)cc3)cc(N(N)C(=O)c3ccccc3C(F)(F)F)cc2[nH]1. The second-order valence-electron chi connectivity index (χ2n) is 8.25. The third-order valence-corrected chi connectivity index (χ3v) is 5.58. The van der Waals surface area contributed by atoms with Crippen LogP contribution in [0.2, 0.25) is 0 Å². The molecule has 0 saturated carbocycles. The van der Waals surface area contributed by atoms with Gasteiger partial charge in [0, 0.05) is 12.8 Å². The molecule has 39 heavy (non-hydrogen) atoms. The number of H-pyrrole nitrogens is 1. The zero-order valence-corrected chi connectivity index (χ0v) is 19.9. The quantitative estimate of drug-likeness (QED) is 0.126. The van der Waals surface area contributed by atoms with E-state index in [0.717, 1.165) is 48.5 Å². The van der Waals surface area contributed by atoms with E-state index in [4.69, 9.17) is 10.6 Å². The highest BCUT2D eigenvalue weighted by molar-refractivity contribution is 6.14. The Morgan fingerprint density at radius 2 is 1.64 bits per heavy atom. The van der Waals surface area contributed by atoms with Crippen molar-refractivity contribution in [3.05, 3.63) is 88.7 Å². The number of nitrogens with two attached hydrogens (primary N) is 1. The summed E-state index contributed by atoms with van der Waals surface area (Å²) in [5, 5.41) is 2.90. The zero-order valence-electron chi connectivity index (χ0n) is 19.9. The molecule has 0 radical (unpaired) electrons. The topological polar surface area (TPSA) is 113 Å². The molecule has 0 spiro atoms. The lowest BCUT2D eigenvalue weighted by molar-refractivity contribution is -0.138. The van der Waals surface area contributed by atoms with Crippen LogP contribution in [0.15, 0.2) is 60.7 Å². The number of amides is 2. The number of nitrogens with one attached hydrogen (secondary N) is 2. The maximum absolute atomic E-state index is 13.5. The molecule has 8 nitrogen and oxygen atoms in total. The minimum atomic E-state index is -4.83. The van der Waals surface area contributed by atoms with Gasteiger partial charge in [0.05, 0.1) is 33.5 Å². The minimum absolute atomic E-state index is 0.00814. The summed E-state index contributed by atoms with van der Waals surface area (Å²) < 4.78 is 84.1. The number of rotatable bonds is 6. The highest BCUT2D eigenvalue weighted by Gasteiger charge is 2.36. The van der Waals surface area contributed by atoms with Crippen LogP contribution in [0.1, 0.15) is 37.7 Å². The van der Waals surface area contributed by atoms with Gasteiger partial charge in [0.1, 0.15) is 17.9 Å². The van der Waals surface area contributed by atoms with Crippen LogP contribution >= 0.6 is 0 Å². The molecule has 2 amide bonds. The Morgan fingerprint density at radius 3 is 2.26 bits per heavy atom. The van der Waals surface area contributed by atoms with Gasteiger partial charge >= 0.3 is 12.4 Å². The number of carbonyl (C=O) groups is 2. The highest BCUT2D eigenvalue weighted by Crippen LogP contribution is 2.34.